The van der Waals surface area contributed by atoms with E-state index in [0.29, 0.717) is 0 Å². The van der Waals surface area contributed by atoms with Crippen LogP contribution in [0.25, 0.3) is 0 Å². The molecule has 0 bridgehead atoms. The van der Waals surface area contributed by atoms with E-state index >= 15 is 0 Å². The first-order valence-electron chi connectivity index (χ1n) is 0. The Kier molecular flexibility index (Phi) is 253. The predicted octanol–water partition coefficient (Wildman–Crippen LogP) is -1.65. The second-order valence-corrected chi connectivity index (χ2v) is 0. The summed E-state index contributed by atoms with van der Waals surface area (Å²) in [5, 5.41) is 0. The van der Waals surface area contributed by atoms with E-state index in [9.17, 15) is 0 Å². The van der Waals surface area contributed by atoms with E-state index in [1.165, 1.54) is 0 Å². The largest absolute Gasteiger partial charge is 0.412 e. The van der Waals surface area contributed by atoms with Crippen molar-refractivity contribution in [3.63, 3.8) is 0 Å². The second-order valence-electron chi connectivity index (χ2n) is 0. The summed E-state index contributed by atoms with van der Waals surface area (Å²) in [6.45, 7) is 0. The van der Waals surface area contributed by atoms with Crippen molar-refractivity contribution in [3.8, 4) is 0 Å². The molecule has 0 saturated heterocycles. The first-order valence-corrected chi connectivity index (χ1v) is 0. The fourth-order valence-corrected chi connectivity index (χ4v) is 0. The van der Waals surface area contributed by atoms with Crippen LogP contribution in [-0.2, 0) is 51.7 Å². The van der Waals surface area contributed by atoms with Gasteiger partial charge in [0.15, 0.2) is 0 Å². The third-order valence-corrected chi connectivity index (χ3v) is 0. The van der Waals surface area contributed by atoms with Crippen molar-refractivity contribution in [1.29, 1.82) is 0 Å². The van der Waals surface area contributed by atoms with Gasteiger partial charge in [-0.3, -0.25) is 0 Å². The molecular formula is H4Hf2O2. The van der Waals surface area contributed by atoms with Crippen LogP contribution in [0.4, 0.5) is 0 Å². The average molecular weight is 393 g/mol. The van der Waals surface area contributed by atoms with Crippen molar-refractivity contribution in [2.24, 2.45) is 0 Å². The fraction of sp³-hybridized carbons (Fsp3) is 0. The molecule has 0 unspecified atom stereocenters. The maximum Gasteiger partial charge on any atom is 0 e. The normalized spacial score (nSPS) is 0. The monoisotopic (exact) mass is 396 g/mol. The van der Waals surface area contributed by atoms with Gasteiger partial charge in [-0.15, -0.1) is 0 Å². The molecule has 4 N–H and O–H groups in total. The van der Waals surface area contributed by atoms with E-state index in [2.05, 4.69) is 0 Å². The van der Waals surface area contributed by atoms with E-state index < -0.39 is 0 Å². The molecule has 24 valence electrons. The molecule has 0 spiro atoms. The van der Waals surface area contributed by atoms with Gasteiger partial charge in [0.1, 0.15) is 0 Å². The number of hydrogen-bond acceptors (Lipinski definition) is 0. The Morgan fingerprint density at radius 1 is 0.500 bits per heavy atom. The van der Waals surface area contributed by atoms with Gasteiger partial charge in [-0.1, -0.05) is 0 Å². The first-order chi connectivity index (χ1) is 0. The van der Waals surface area contributed by atoms with Crippen molar-refractivity contribution in [2.75, 3.05) is 0 Å². The zero-order valence-corrected chi connectivity index (χ0v) is 9.19. The first kappa shape index (κ1) is 44.6. The van der Waals surface area contributed by atoms with Gasteiger partial charge in [-0.25, -0.2) is 0 Å². The van der Waals surface area contributed by atoms with Crippen LogP contribution in [0.1, 0.15) is 0 Å². The molecule has 0 rings (SSSR count). The molecule has 2 nitrogen and oxygen atoms in total. The van der Waals surface area contributed by atoms with Crippen LogP contribution in [-0.4, -0.2) is 11.0 Å². The standard InChI is InChI=1S/2Hf.2H2O/h;;2*1H2. The van der Waals surface area contributed by atoms with Gasteiger partial charge in [0.05, 0.1) is 0 Å². The van der Waals surface area contributed by atoms with E-state index in [4.69, 9.17) is 0 Å². The third kappa shape index (κ3) is 9.40. The van der Waals surface area contributed by atoms with Gasteiger partial charge in [0.25, 0.3) is 0 Å². The molecule has 4 heteroatoms. The van der Waals surface area contributed by atoms with Gasteiger partial charge in [0, 0.05) is 51.7 Å². The quantitative estimate of drug-likeness (QED) is 0.443. The molecule has 0 atom stereocenters. The number of hydrogen-bond donors (Lipinski definition) is 0. The van der Waals surface area contributed by atoms with Gasteiger partial charge in [0.2, 0.25) is 0 Å². The van der Waals surface area contributed by atoms with Crippen molar-refractivity contribution in [1.82, 2.24) is 0 Å². The molecule has 0 amide bonds. The van der Waals surface area contributed by atoms with Crippen LogP contribution in [0.3, 0.4) is 0 Å². The SMILES string of the molecule is O.O.[Hf].[Hf]. The zero-order chi connectivity index (χ0) is 0. The summed E-state index contributed by atoms with van der Waals surface area (Å²) in [4.78, 5) is 0. The molecule has 0 heterocycles. The zero-order valence-electron chi connectivity index (χ0n) is 2.00. The molecule has 0 saturated carbocycles. The van der Waals surface area contributed by atoms with Crippen molar-refractivity contribution >= 4 is 0 Å². The molecule has 0 fully saturated rings. The van der Waals surface area contributed by atoms with E-state index in [-0.39, 0.29) is 62.6 Å². The summed E-state index contributed by atoms with van der Waals surface area (Å²) in [6.07, 6.45) is 0. The van der Waals surface area contributed by atoms with Crippen LogP contribution >= 0.6 is 0 Å². The molecule has 0 aliphatic heterocycles. The Morgan fingerprint density at radius 3 is 0.500 bits per heavy atom. The Morgan fingerprint density at radius 2 is 0.500 bits per heavy atom. The van der Waals surface area contributed by atoms with Gasteiger partial charge >= 0.3 is 0 Å². The van der Waals surface area contributed by atoms with Crippen molar-refractivity contribution < 1.29 is 62.6 Å². The maximum atomic E-state index is 0. The average Bonchev–Trinajstić information content (AvgIpc) is 0. The van der Waals surface area contributed by atoms with Crippen LogP contribution in [0.2, 0.25) is 0 Å². The van der Waals surface area contributed by atoms with Gasteiger partial charge in [-0.05, 0) is 0 Å². The Balaban J connectivity index is 0. The molecule has 0 aliphatic carbocycles. The molecule has 0 aliphatic rings. The molecule has 0 aromatic heterocycles. The van der Waals surface area contributed by atoms with E-state index in [0.717, 1.165) is 0 Å². The minimum atomic E-state index is 0. The van der Waals surface area contributed by atoms with Crippen LogP contribution in [0.15, 0.2) is 0 Å². The molecule has 0 aromatic carbocycles. The molecule has 0 aromatic rings. The van der Waals surface area contributed by atoms with Crippen LogP contribution in [0.5, 0.6) is 0 Å². The predicted molar refractivity (Wildman–Crippen MR) is 7.23 cm³/mol. The summed E-state index contributed by atoms with van der Waals surface area (Å²) in [7, 11) is 0. The van der Waals surface area contributed by atoms with Crippen molar-refractivity contribution in [2.45, 2.75) is 0 Å². The number of rotatable bonds is 0. The smallest absolute Gasteiger partial charge is 0 e. The van der Waals surface area contributed by atoms with E-state index in [1.54, 1.807) is 0 Å². The summed E-state index contributed by atoms with van der Waals surface area (Å²) in [6, 6.07) is 0. The summed E-state index contributed by atoms with van der Waals surface area (Å²) in [5.41, 5.74) is 0. The Bertz CT molecular complexity index is 4.00. The second kappa shape index (κ2) is 22.7. The molecular weight excluding hydrogens is 389 g/mol. The minimum Gasteiger partial charge on any atom is -0.412 e. The topological polar surface area (TPSA) is 63.0 Å². The molecule has 4 heavy (non-hydrogen) atoms. The van der Waals surface area contributed by atoms with Gasteiger partial charge in [-0.2, -0.15) is 0 Å². The third-order valence-electron chi connectivity index (χ3n) is 0. The summed E-state index contributed by atoms with van der Waals surface area (Å²) in [5.74, 6) is 0. The van der Waals surface area contributed by atoms with Crippen LogP contribution < -0.4 is 0 Å². The van der Waals surface area contributed by atoms with E-state index in [1.807, 2.05) is 0 Å². The Labute approximate surface area is 62.1 Å². The van der Waals surface area contributed by atoms with Gasteiger partial charge < -0.3 is 11.0 Å². The van der Waals surface area contributed by atoms with Crippen molar-refractivity contribution in [3.05, 3.63) is 0 Å². The minimum absolute atomic E-state index is 0. The van der Waals surface area contributed by atoms with Crippen LogP contribution in [0, 0.1) is 0 Å². The fourth-order valence-electron chi connectivity index (χ4n) is 0. The summed E-state index contributed by atoms with van der Waals surface area (Å²) < 4.78 is 0. The summed E-state index contributed by atoms with van der Waals surface area (Å²) >= 11 is 0. The maximum absolute atomic E-state index is 0. The molecule has 0 radical (unpaired) electrons. The Hall–Kier alpha value is 1.66.